The first kappa shape index (κ1) is 15.1. The molecule has 1 amide bonds. The van der Waals surface area contributed by atoms with Gasteiger partial charge in [0.05, 0.1) is 10.2 Å². The Morgan fingerprint density at radius 3 is 2.96 bits per heavy atom. The molecule has 2 aliphatic rings. The Morgan fingerprint density at radius 1 is 1.28 bits per heavy atom. The highest BCUT2D eigenvalue weighted by Gasteiger charge is 2.25. The fourth-order valence-corrected chi connectivity index (χ4v) is 5.62. The van der Waals surface area contributed by atoms with Crippen molar-refractivity contribution in [3.63, 3.8) is 0 Å². The highest BCUT2D eigenvalue weighted by Crippen LogP contribution is 2.46. The van der Waals surface area contributed by atoms with Gasteiger partial charge in [-0.2, -0.15) is 0 Å². The number of nitrogens with zero attached hydrogens (tertiary/aromatic N) is 1. The number of carbonyl (C=O) groups is 1. The van der Waals surface area contributed by atoms with Gasteiger partial charge in [-0.25, -0.2) is 4.98 Å². The normalized spacial score (nSPS) is 15.4. The zero-order valence-corrected chi connectivity index (χ0v) is 15.1. The molecule has 2 aromatic heterocycles. The number of anilines is 1. The standard InChI is InChI=1S/C17H15N3O3S2/c1-8(21)19-16-15(9-2-3-18-6-14(9)25-16)17-20-10-4-11-12(23-7-22-11)5-13(10)24-17/h4-5,18H,2-3,6-7H2,1H3,(H,19,21). The molecule has 6 nitrogen and oxygen atoms in total. The minimum Gasteiger partial charge on any atom is -0.454 e. The molecule has 0 saturated carbocycles. The molecule has 8 heteroatoms. The molecular formula is C17H15N3O3S2. The first-order chi connectivity index (χ1) is 12.2. The Labute approximate surface area is 151 Å². The van der Waals surface area contributed by atoms with Crippen LogP contribution in [-0.2, 0) is 17.8 Å². The first-order valence-corrected chi connectivity index (χ1v) is 9.66. The van der Waals surface area contributed by atoms with E-state index < -0.39 is 0 Å². The van der Waals surface area contributed by atoms with Gasteiger partial charge < -0.3 is 20.1 Å². The van der Waals surface area contributed by atoms with E-state index >= 15 is 0 Å². The van der Waals surface area contributed by atoms with Crippen molar-refractivity contribution in [3.8, 4) is 22.1 Å². The summed E-state index contributed by atoms with van der Waals surface area (Å²) in [6, 6.07) is 3.91. The van der Waals surface area contributed by atoms with Crippen LogP contribution >= 0.6 is 22.7 Å². The molecule has 4 heterocycles. The number of ether oxygens (including phenoxy) is 2. The van der Waals surface area contributed by atoms with Crippen molar-refractivity contribution < 1.29 is 14.3 Å². The molecular weight excluding hydrogens is 358 g/mol. The smallest absolute Gasteiger partial charge is 0.231 e. The molecule has 0 radical (unpaired) electrons. The molecule has 0 bridgehead atoms. The summed E-state index contributed by atoms with van der Waals surface area (Å²) in [6.07, 6.45) is 0.944. The molecule has 2 aliphatic heterocycles. The minimum absolute atomic E-state index is 0.0605. The summed E-state index contributed by atoms with van der Waals surface area (Å²) in [6.45, 7) is 3.58. The number of hydrogen-bond donors (Lipinski definition) is 2. The molecule has 5 rings (SSSR count). The molecule has 3 aromatic rings. The summed E-state index contributed by atoms with van der Waals surface area (Å²) in [5.41, 5.74) is 3.26. The van der Waals surface area contributed by atoms with Crippen molar-refractivity contribution in [3.05, 3.63) is 22.6 Å². The lowest BCUT2D eigenvalue weighted by Gasteiger charge is -2.13. The highest BCUT2D eigenvalue weighted by atomic mass is 32.1. The van der Waals surface area contributed by atoms with E-state index in [4.69, 9.17) is 14.5 Å². The van der Waals surface area contributed by atoms with E-state index in [0.717, 1.165) is 56.8 Å². The van der Waals surface area contributed by atoms with E-state index in [-0.39, 0.29) is 12.7 Å². The van der Waals surface area contributed by atoms with Crippen LogP contribution in [0.25, 0.3) is 20.8 Å². The van der Waals surface area contributed by atoms with Crippen LogP contribution in [0.2, 0.25) is 0 Å². The van der Waals surface area contributed by atoms with Crippen LogP contribution in [0, 0.1) is 0 Å². The van der Waals surface area contributed by atoms with Gasteiger partial charge in [-0.15, -0.1) is 22.7 Å². The molecule has 0 spiro atoms. The van der Waals surface area contributed by atoms with Crippen LogP contribution in [0.4, 0.5) is 5.00 Å². The number of thiazole rings is 1. The van der Waals surface area contributed by atoms with E-state index in [9.17, 15) is 4.79 Å². The highest BCUT2D eigenvalue weighted by molar-refractivity contribution is 7.23. The van der Waals surface area contributed by atoms with Gasteiger partial charge in [0.2, 0.25) is 12.7 Å². The zero-order valence-electron chi connectivity index (χ0n) is 13.5. The third kappa shape index (κ3) is 2.48. The summed E-state index contributed by atoms with van der Waals surface area (Å²) in [4.78, 5) is 17.8. The van der Waals surface area contributed by atoms with Gasteiger partial charge in [0.15, 0.2) is 11.5 Å². The zero-order chi connectivity index (χ0) is 17.0. The van der Waals surface area contributed by atoms with Crippen LogP contribution in [0.15, 0.2) is 12.1 Å². The number of aromatic nitrogens is 1. The Hall–Kier alpha value is -2.16. The predicted octanol–water partition coefficient (Wildman–Crippen LogP) is 3.36. The number of carbonyl (C=O) groups excluding carboxylic acids is 1. The Morgan fingerprint density at radius 2 is 2.12 bits per heavy atom. The lowest BCUT2D eigenvalue weighted by molar-refractivity contribution is -0.114. The van der Waals surface area contributed by atoms with E-state index in [1.165, 1.54) is 17.4 Å². The van der Waals surface area contributed by atoms with Crippen molar-refractivity contribution in [1.82, 2.24) is 10.3 Å². The summed E-state index contributed by atoms with van der Waals surface area (Å²) in [5, 5.41) is 8.20. The lowest BCUT2D eigenvalue weighted by Crippen LogP contribution is -2.22. The van der Waals surface area contributed by atoms with Gasteiger partial charge in [-0.05, 0) is 18.5 Å². The van der Waals surface area contributed by atoms with E-state index in [1.807, 2.05) is 12.1 Å². The van der Waals surface area contributed by atoms with Gasteiger partial charge in [0, 0.05) is 36.0 Å². The molecule has 128 valence electrons. The third-order valence-corrected chi connectivity index (χ3v) is 6.50. The topological polar surface area (TPSA) is 72.5 Å². The SMILES string of the molecule is CC(=O)Nc1sc2c(c1-c1nc3cc4c(cc3s1)OCO4)CCNC2. The first-order valence-electron chi connectivity index (χ1n) is 8.02. The number of fused-ring (bicyclic) bond motifs is 3. The molecule has 0 fully saturated rings. The number of nitrogens with one attached hydrogen (secondary N) is 2. The fourth-order valence-electron chi connectivity index (χ4n) is 3.23. The molecule has 25 heavy (non-hydrogen) atoms. The maximum absolute atomic E-state index is 11.6. The van der Waals surface area contributed by atoms with Crippen molar-refractivity contribution >= 4 is 43.8 Å². The molecule has 0 unspecified atom stereocenters. The average Bonchev–Trinajstić information content (AvgIpc) is 3.26. The van der Waals surface area contributed by atoms with Crippen LogP contribution in [0.1, 0.15) is 17.4 Å². The maximum atomic E-state index is 11.6. The van der Waals surface area contributed by atoms with Gasteiger partial charge in [0.1, 0.15) is 10.0 Å². The Bertz CT molecular complexity index is 967. The van der Waals surface area contributed by atoms with E-state index in [1.54, 1.807) is 22.7 Å². The molecule has 1 aromatic carbocycles. The second-order valence-electron chi connectivity index (χ2n) is 6.01. The third-order valence-electron chi connectivity index (χ3n) is 4.31. The van der Waals surface area contributed by atoms with E-state index in [2.05, 4.69) is 10.6 Å². The Kier molecular flexibility index (Phi) is 3.44. The lowest BCUT2D eigenvalue weighted by atomic mass is 10.0. The van der Waals surface area contributed by atoms with Crippen LogP contribution < -0.4 is 20.1 Å². The van der Waals surface area contributed by atoms with Gasteiger partial charge in [-0.1, -0.05) is 0 Å². The van der Waals surface area contributed by atoms with Crippen molar-refractivity contribution in [1.29, 1.82) is 0 Å². The number of amides is 1. The quantitative estimate of drug-likeness (QED) is 0.721. The van der Waals surface area contributed by atoms with Crippen molar-refractivity contribution in [2.45, 2.75) is 19.9 Å². The molecule has 2 N–H and O–H groups in total. The number of hydrogen-bond acceptors (Lipinski definition) is 7. The number of rotatable bonds is 2. The largest absolute Gasteiger partial charge is 0.454 e. The fraction of sp³-hybridized carbons (Fsp3) is 0.294. The van der Waals surface area contributed by atoms with Crippen LogP contribution in [0.5, 0.6) is 11.5 Å². The molecule has 0 aliphatic carbocycles. The van der Waals surface area contributed by atoms with Gasteiger partial charge >= 0.3 is 0 Å². The van der Waals surface area contributed by atoms with Gasteiger partial charge in [0.25, 0.3) is 0 Å². The molecule has 0 saturated heterocycles. The Balaban J connectivity index is 1.68. The van der Waals surface area contributed by atoms with Crippen molar-refractivity contribution in [2.24, 2.45) is 0 Å². The van der Waals surface area contributed by atoms with Gasteiger partial charge in [-0.3, -0.25) is 4.79 Å². The summed E-state index contributed by atoms with van der Waals surface area (Å²) < 4.78 is 12.0. The number of benzene rings is 1. The average molecular weight is 373 g/mol. The second kappa shape index (κ2) is 5.69. The summed E-state index contributed by atoms with van der Waals surface area (Å²) in [7, 11) is 0. The van der Waals surface area contributed by atoms with E-state index in [0.29, 0.717) is 0 Å². The summed E-state index contributed by atoms with van der Waals surface area (Å²) >= 11 is 3.26. The molecule has 0 atom stereocenters. The monoisotopic (exact) mass is 373 g/mol. The predicted molar refractivity (Wildman–Crippen MR) is 98.8 cm³/mol. The maximum Gasteiger partial charge on any atom is 0.231 e. The van der Waals surface area contributed by atoms with Crippen molar-refractivity contribution in [2.75, 3.05) is 18.7 Å². The van der Waals surface area contributed by atoms with Crippen LogP contribution in [-0.4, -0.2) is 24.2 Å². The summed E-state index contributed by atoms with van der Waals surface area (Å²) in [5.74, 6) is 1.44. The van der Waals surface area contributed by atoms with Crippen LogP contribution in [0.3, 0.4) is 0 Å². The number of thiophene rings is 1. The minimum atomic E-state index is -0.0605. The second-order valence-corrected chi connectivity index (χ2v) is 8.14.